The van der Waals surface area contributed by atoms with E-state index in [4.69, 9.17) is 22.1 Å². The Morgan fingerprint density at radius 1 is 1.06 bits per heavy atom. The number of para-hydroxylation sites is 1. The maximum absolute atomic E-state index is 11.1. The van der Waals surface area contributed by atoms with Gasteiger partial charge < -0.3 is 0 Å². The second-order valence-electron chi connectivity index (χ2n) is 2.77. The number of benzene rings is 1. The normalized spacial score (nSPS) is 12.4. The smallest absolute Gasteiger partial charge is 0.225 e. The van der Waals surface area contributed by atoms with E-state index in [9.17, 15) is 16.8 Å². The van der Waals surface area contributed by atoms with E-state index in [1.165, 1.54) is 12.1 Å². The Labute approximate surface area is 97.9 Å². The maximum atomic E-state index is 11.1. The minimum atomic E-state index is -4.26. The van der Waals surface area contributed by atoms with Crippen molar-refractivity contribution in [3.63, 3.8) is 0 Å². The Kier molecular flexibility index (Phi) is 3.45. The molecule has 0 aliphatic carbocycles. The summed E-state index contributed by atoms with van der Waals surface area (Å²) in [6, 6.07) is 5.05. The predicted molar refractivity (Wildman–Crippen MR) is 59.3 cm³/mol. The Bertz CT molecular complexity index is 598. The molecule has 0 radical (unpaired) electrons. The van der Waals surface area contributed by atoms with E-state index in [0.717, 1.165) is 12.1 Å². The number of nitrogens with two attached hydrogens (primary N) is 2. The summed E-state index contributed by atoms with van der Waals surface area (Å²) in [5, 5.41) is 9.64. The number of sulfonamides is 1. The van der Waals surface area contributed by atoms with Crippen molar-refractivity contribution < 1.29 is 16.8 Å². The molecule has 0 unspecified atom stereocenters. The van der Waals surface area contributed by atoms with Crippen LogP contribution in [0.5, 0.6) is 0 Å². The van der Waals surface area contributed by atoms with E-state index in [-0.39, 0.29) is 9.51 Å². The Morgan fingerprint density at radius 3 is 2.00 bits per heavy atom. The molecule has 0 aliphatic heterocycles. The van der Waals surface area contributed by atoms with E-state index in [0.29, 0.717) is 0 Å². The van der Waals surface area contributed by atoms with Crippen LogP contribution in [-0.4, -0.2) is 16.8 Å². The molecule has 0 aliphatic rings. The molecule has 0 amide bonds. The molecule has 0 bridgehead atoms. The van der Waals surface area contributed by atoms with Crippen LogP contribution in [0.2, 0.25) is 0 Å². The molecule has 1 aromatic rings. The van der Waals surface area contributed by atoms with E-state index in [1.807, 2.05) is 0 Å². The number of anilines is 1. The Balaban J connectivity index is 3.48. The van der Waals surface area contributed by atoms with Crippen molar-refractivity contribution in [3.8, 4) is 0 Å². The molecule has 0 aromatic heterocycles. The standard InChI is InChI=1S/C6H8ClN3O4S2/c7-10(16(9,13)14)5-3-1-2-4-6(5)15(8,11)12/h1-4H,(H2,8,11,12)(H2,9,13,14). The van der Waals surface area contributed by atoms with Gasteiger partial charge in [-0.05, 0) is 12.1 Å². The summed E-state index contributed by atoms with van der Waals surface area (Å²) in [4.78, 5) is -0.431. The summed E-state index contributed by atoms with van der Waals surface area (Å²) >= 11 is 5.39. The van der Waals surface area contributed by atoms with Crippen molar-refractivity contribution in [2.45, 2.75) is 4.90 Å². The van der Waals surface area contributed by atoms with Crippen LogP contribution >= 0.6 is 11.8 Å². The summed E-state index contributed by atoms with van der Waals surface area (Å²) in [7, 11) is -8.34. The third-order valence-corrected chi connectivity index (χ3v) is 3.95. The molecule has 16 heavy (non-hydrogen) atoms. The molecule has 90 valence electrons. The summed E-state index contributed by atoms with van der Waals surface area (Å²) in [5.41, 5.74) is -0.325. The van der Waals surface area contributed by atoms with Crippen LogP contribution in [0.15, 0.2) is 29.2 Å². The number of rotatable bonds is 3. The highest BCUT2D eigenvalue weighted by atomic mass is 35.5. The van der Waals surface area contributed by atoms with Crippen LogP contribution in [0.3, 0.4) is 0 Å². The fraction of sp³-hybridized carbons (Fsp3) is 0. The largest absolute Gasteiger partial charge is 0.313 e. The zero-order chi connectivity index (χ0) is 12.6. The summed E-state index contributed by atoms with van der Waals surface area (Å²) in [6.07, 6.45) is 0. The second kappa shape index (κ2) is 4.18. The molecule has 0 saturated carbocycles. The van der Waals surface area contributed by atoms with Gasteiger partial charge in [0.15, 0.2) is 0 Å². The molecule has 4 N–H and O–H groups in total. The van der Waals surface area contributed by atoms with Crippen LogP contribution in [-0.2, 0) is 20.2 Å². The lowest BCUT2D eigenvalue weighted by molar-refractivity contribution is 0.597. The lowest BCUT2D eigenvalue weighted by atomic mass is 10.3. The number of hydrogen-bond acceptors (Lipinski definition) is 4. The number of hydrogen-bond donors (Lipinski definition) is 2. The van der Waals surface area contributed by atoms with Crippen LogP contribution in [0.1, 0.15) is 0 Å². The third kappa shape index (κ3) is 2.83. The van der Waals surface area contributed by atoms with Gasteiger partial charge in [0.25, 0.3) is 0 Å². The van der Waals surface area contributed by atoms with Gasteiger partial charge in [-0.15, -0.1) is 0 Å². The quantitative estimate of drug-likeness (QED) is 0.726. The summed E-state index contributed by atoms with van der Waals surface area (Å²) < 4.78 is 44.3. The van der Waals surface area contributed by atoms with Gasteiger partial charge in [-0.25, -0.2) is 18.7 Å². The Morgan fingerprint density at radius 2 is 1.56 bits per heavy atom. The van der Waals surface area contributed by atoms with Crippen molar-refractivity contribution in [2.24, 2.45) is 10.3 Å². The lowest BCUT2D eigenvalue weighted by Gasteiger charge is -2.15. The van der Waals surface area contributed by atoms with Crippen LogP contribution in [0.25, 0.3) is 0 Å². The molecule has 10 heteroatoms. The fourth-order valence-corrected chi connectivity index (χ4v) is 2.39. The van der Waals surface area contributed by atoms with E-state index in [1.54, 1.807) is 0 Å². The Hall–Kier alpha value is -0.870. The predicted octanol–water partition coefficient (Wildman–Crippen LogP) is -0.502. The van der Waals surface area contributed by atoms with Gasteiger partial charge in [0, 0.05) is 11.8 Å². The van der Waals surface area contributed by atoms with E-state index in [2.05, 4.69) is 0 Å². The summed E-state index contributed by atoms with van der Waals surface area (Å²) in [6.45, 7) is 0. The first-order chi connectivity index (χ1) is 7.14. The first kappa shape index (κ1) is 13.2. The number of nitrogens with zero attached hydrogens (tertiary/aromatic N) is 1. The zero-order valence-corrected chi connectivity index (χ0v) is 10.1. The van der Waals surface area contributed by atoms with Gasteiger partial charge in [-0.1, -0.05) is 12.1 Å². The van der Waals surface area contributed by atoms with Crippen molar-refractivity contribution in [3.05, 3.63) is 24.3 Å². The van der Waals surface area contributed by atoms with Crippen LogP contribution < -0.4 is 14.1 Å². The van der Waals surface area contributed by atoms with Gasteiger partial charge in [0.1, 0.15) is 4.90 Å². The molecule has 0 spiro atoms. The highest BCUT2D eigenvalue weighted by Crippen LogP contribution is 2.26. The topological polar surface area (TPSA) is 124 Å². The minimum Gasteiger partial charge on any atom is -0.225 e. The first-order valence-electron chi connectivity index (χ1n) is 3.74. The van der Waals surface area contributed by atoms with Crippen LogP contribution in [0, 0.1) is 0 Å². The molecule has 0 saturated heterocycles. The van der Waals surface area contributed by atoms with E-state index >= 15 is 0 Å². The van der Waals surface area contributed by atoms with Crippen molar-refractivity contribution in [1.29, 1.82) is 0 Å². The molecule has 7 nitrogen and oxygen atoms in total. The number of halogens is 1. The molecule has 0 fully saturated rings. The van der Waals surface area contributed by atoms with Gasteiger partial charge >= 0.3 is 10.2 Å². The third-order valence-electron chi connectivity index (χ3n) is 1.58. The molecular weight excluding hydrogens is 278 g/mol. The SMILES string of the molecule is NS(=O)(=O)c1ccccc1N(Cl)S(N)(=O)=O. The monoisotopic (exact) mass is 285 g/mol. The maximum Gasteiger partial charge on any atom is 0.313 e. The van der Waals surface area contributed by atoms with Gasteiger partial charge in [0.05, 0.1) is 5.69 Å². The minimum absolute atomic E-state index is 0.118. The van der Waals surface area contributed by atoms with Crippen molar-refractivity contribution in [1.82, 2.24) is 0 Å². The van der Waals surface area contributed by atoms with Gasteiger partial charge in [-0.3, -0.25) is 0 Å². The molecule has 0 heterocycles. The highest BCUT2D eigenvalue weighted by Gasteiger charge is 2.23. The first-order valence-corrected chi connectivity index (χ1v) is 7.13. The van der Waals surface area contributed by atoms with Gasteiger partial charge in [0.2, 0.25) is 10.0 Å². The molecule has 1 aromatic carbocycles. The second-order valence-corrected chi connectivity index (χ2v) is 6.24. The average molecular weight is 286 g/mol. The van der Waals surface area contributed by atoms with Gasteiger partial charge in [-0.2, -0.15) is 12.2 Å². The fourth-order valence-electron chi connectivity index (χ4n) is 0.980. The van der Waals surface area contributed by atoms with E-state index < -0.39 is 25.1 Å². The molecule has 1 rings (SSSR count). The highest BCUT2D eigenvalue weighted by molar-refractivity contribution is 7.92. The summed E-state index contributed by atoms with van der Waals surface area (Å²) in [5.74, 6) is 0. The van der Waals surface area contributed by atoms with Crippen molar-refractivity contribution >= 4 is 37.7 Å². The lowest BCUT2D eigenvalue weighted by Crippen LogP contribution is -2.30. The number of primary sulfonamides is 1. The molecule has 0 atom stereocenters. The average Bonchev–Trinajstić information content (AvgIpc) is 2.14. The van der Waals surface area contributed by atoms with Crippen molar-refractivity contribution in [2.75, 3.05) is 3.82 Å². The molecular formula is C6H8ClN3O4S2. The zero-order valence-electron chi connectivity index (χ0n) is 7.74. The van der Waals surface area contributed by atoms with Crippen LogP contribution in [0.4, 0.5) is 5.69 Å².